The maximum Gasteiger partial charge on any atom is 0.243 e. The summed E-state index contributed by atoms with van der Waals surface area (Å²) in [6.07, 6.45) is 0.716. The fourth-order valence-corrected chi connectivity index (χ4v) is 5.94. The van der Waals surface area contributed by atoms with Gasteiger partial charge in [-0.15, -0.1) is 11.3 Å². The highest BCUT2D eigenvalue weighted by molar-refractivity contribution is 7.89. The average molecular weight is 386 g/mol. The number of ether oxygens (including phenoxy) is 1. The molecule has 2 heterocycles. The molecule has 1 aromatic heterocycles. The van der Waals surface area contributed by atoms with Crippen LogP contribution in [0.1, 0.15) is 22.0 Å². The maximum absolute atomic E-state index is 13.4. The summed E-state index contributed by atoms with van der Waals surface area (Å²) < 4.78 is 33.6. The number of fused-ring (bicyclic) bond motifs is 1. The lowest BCUT2D eigenvalue weighted by Gasteiger charge is -2.36. The van der Waals surface area contributed by atoms with Gasteiger partial charge < -0.3 is 4.74 Å². The van der Waals surface area contributed by atoms with Crippen LogP contribution in [0.15, 0.2) is 70.9 Å². The van der Waals surface area contributed by atoms with Crippen molar-refractivity contribution in [2.45, 2.75) is 17.4 Å². The lowest BCUT2D eigenvalue weighted by molar-refractivity contribution is 0.347. The van der Waals surface area contributed by atoms with Gasteiger partial charge >= 0.3 is 0 Å². The summed E-state index contributed by atoms with van der Waals surface area (Å²) in [6, 6.07) is 18.4. The van der Waals surface area contributed by atoms with Crippen molar-refractivity contribution < 1.29 is 13.2 Å². The molecular formula is C20H19NO3S2. The van der Waals surface area contributed by atoms with Gasteiger partial charge in [0.05, 0.1) is 18.0 Å². The number of hydrogen-bond donors (Lipinski definition) is 0. The molecular weight excluding hydrogens is 366 g/mol. The molecule has 26 heavy (non-hydrogen) atoms. The third kappa shape index (κ3) is 2.94. The molecule has 0 spiro atoms. The number of nitrogens with zero attached hydrogens (tertiary/aromatic N) is 1. The summed E-state index contributed by atoms with van der Waals surface area (Å²) in [4.78, 5) is 1.33. The average Bonchev–Trinajstić information content (AvgIpc) is 3.21. The van der Waals surface area contributed by atoms with Crippen molar-refractivity contribution in [1.82, 2.24) is 4.31 Å². The van der Waals surface area contributed by atoms with Gasteiger partial charge in [-0.3, -0.25) is 0 Å². The number of rotatable bonds is 4. The number of thiophene rings is 1. The van der Waals surface area contributed by atoms with E-state index in [1.54, 1.807) is 47.0 Å². The van der Waals surface area contributed by atoms with Gasteiger partial charge in [0.1, 0.15) is 5.75 Å². The Hall–Kier alpha value is -2.15. The molecule has 1 aliphatic heterocycles. The zero-order valence-electron chi connectivity index (χ0n) is 14.3. The summed E-state index contributed by atoms with van der Waals surface area (Å²) >= 11 is 1.59. The van der Waals surface area contributed by atoms with Crippen LogP contribution in [0.2, 0.25) is 0 Å². The molecule has 0 radical (unpaired) electrons. The molecule has 134 valence electrons. The SMILES string of the molecule is COc1ccc(S(=O)(=O)N2CCc3ccccc3C2c2cccs2)cc1. The number of methoxy groups -OCH3 is 1. The zero-order valence-corrected chi connectivity index (χ0v) is 16.0. The summed E-state index contributed by atoms with van der Waals surface area (Å²) in [5.74, 6) is 0.641. The Kier molecular flexibility index (Phi) is 4.56. The maximum atomic E-state index is 13.4. The van der Waals surface area contributed by atoms with E-state index in [2.05, 4.69) is 6.07 Å². The second-order valence-corrected chi connectivity index (χ2v) is 9.03. The van der Waals surface area contributed by atoms with Gasteiger partial charge in [-0.2, -0.15) is 4.31 Å². The van der Waals surface area contributed by atoms with Crippen molar-refractivity contribution >= 4 is 21.4 Å². The molecule has 0 saturated heterocycles. The number of hydrogen-bond acceptors (Lipinski definition) is 4. The van der Waals surface area contributed by atoms with Crippen LogP contribution in [-0.2, 0) is 16.4 Å². The largest absolute Gasteiger partial charge is 0.497 e. The lowest BCUT2D eigenvalue weighted by atomic mass is 9.93. The van der Waals surface area contributed by atoms with Crippen LogP contribution < -0.4 is 4.74 Å². The second-order valence-electron chi connectivity index (χ2n) is 6.16. The van der Waals surface area contributed by atoms with E-state index in [9.17, 15) is 8.42 Å². The summed E-state index contributed by atoms with van der Waals surface area (Å²) in [5, 5.41) is 1.99. The Morgan fingerprint density at radius 2 is 1.81 bits per heavy atom. The van der Waals surface area contributed by atoms with Crippen LogP contribution in [0, 0.1) is 0 Å². The minimum Gasteiger partial charge on any atom is -0.497 e. The Bertz CT molecular complexity index is 996. The molecule has 1 atom stereocenters. The first-order valence-corrected chi connectivity index (χ1v) is 10.7. The van der Waals surface area contributed by atoms with Crippen molar-refractivity contribution in [1.29, 1.82) is 0 Å². The Labute approximate surface area is 157 Å². The molecule has 2 aromatic carbocycles. The van der Waals surface area contributed by atoms with Gasteiger partial charge in [0.2, 0.25) is 10.0 Å². The van der Waals surface area contributed by atoms with E-state index in [1.807, 2.05) is 35.7 Å². The summed E-state index contributed by atoms with van der Waals surface area (Å²) in [5.41, 5.74) is 2.28. The van der Waals surface area contributed by atoms with E-state index in [0.717, 1.165) is 10.4 Å². The second kappa shape index (κ2) is 6.87. The highest BCUT2D eigenvalue weighted by atomic mass is 32.2. The van der Waals surface area contributed by atoms with Crippen LogP contribution >= 0.6 is 11.3 Å². The summed E-state index contributed by atoms with van der Waals surface area (Å²) in [6.45, 7) is 0.466. The molecule has 0 saturated carbocycles. The van der Waals surface area contributed by atoms with Crippen molar-refractivity contribution in [3.05, 3.63) is 82.0 Å². The monoisotopic (exact) mass is 385 g/mol. The van der Waals surface area contributed by atoms with Crippen molar-refractivity contribution in [2.75, 3.05) is 13.7 Å². The minimum atomic E-state index is -3.62. The van der Waals surface area contributed by atoms with Crippen molar-refractivity contribution in [3.8, 4) is 5.75 Å². The van der Waals surface area contributed by atoms with E-state index in [0.29, 0.717) is 23.6 Å². The van der Waals surface area contributed by atoms with E-state index in [1.165, 1.54) is 5.56 Å². The van der Waals surface area contributed by atoms with Gasteiger partial charge in [0.15, 0.2) is 0 Å². The van der Waals surface area contributed by atoms with E-state index >= 15 is 0 Å². The van der Waals surface area contributed by atoms with Crippen molar-refractivity contribution in [3.63, 3.8) is 0 Å². The fourth-order valence-electron chi connectivity index (χ4n) is 3.43. The molecule has 3 aromatic rings. The fraction of sp³-hybridized carbons (Fsp3) is 0.200. The molecule has 6 heteroatoms. The normalized spacial score (nSPS) is 17.7. The van der Waals surface area contributed by atoms with Crippen LogP contribution in [0.4, 0.5) is 0 Å². The number of sulfonamides is 1. The zero-order chi connectivity index (χ0) is 18.1. The van der Waals surface area contributed by atoms with Crippen molar-refractivity contribution in [2.24, 2.45) is 0 Å². The Morgan fingerprint density at radius 3 is 2.50 bits per heavy atom. The summed E-state index contributed by atoms with van der Waals surface area (Å²) in [7, 11) is -2.05. The number of benzene rings is 2. The Morgan fingerprint density at radius 1 is 1.04 bits per heavy atom. The van der Waals surface area contributed by atoms with Crippen LogP contribution in [-0.4, -0.2) is 26.4 Å². The molecule has 0 aliphatic carbocycles. The van der Waals surface area contributed by atoms with E-state index in [4.69, 9.17) is 4.74 Å². The van der Waals surface area contributed by atoms with Gasteiger partial charge in [-0.25, -0.2) is 8.42 Å². The van der Waals surface area contributed by atoms with Crippen LogP contribution in [0.3, 0.4) is 0 Å². The lowest BCUT2D eigenvalue weighted by Crippen LogP contribution is -2.40. The molecule has 0 amide bonds. The third-order valence-corrected chi connectivity index (χ3v) is 7.52. The van der Waals surface area contributed by atoms with Gasteiger partial charge in [0, 0.05) is 11.4 Å². The predicted molar refractivity (Wildman–Crippen MR) is 103 cm³/mol. The standard InChI is InChI=1S/C20H19NO3S2/c1-24-16-8-10-17(11-9-16)26(22,23)21-13-12-15-5-2-3-6-18(15)20(21)19-7-4-14-25-19/h2-11,14,20H,12-13H2,1H3. The molecule has 1 aliphatic rings. The third-order valence-electron chi connectivity index (χ3n) is 4.72. The van der Waals surface area contributed by atoms with Crippen LogP contribution in [0.5, 0.6) is 5.75 Å². The molecule has 4 nitrogen and oxygen atoms in total. The quantitative estimate of drug-likeness (QED) is 0.679. The first-order chi connectivity index (χ1) is 12.6. The minimum absolute atomic E-state index is 0.285. The highest BCUT2D eigenvalue weighted by Crippen LogP contribution is 2.40. The molecule has 0 bridgehead atoms. The van der Waals surface area contributed by atoms with Crippen LogP contribution in [0.25, 0.3) is 0 Å². The van der Waals surface area contributed by atoms with E-state index in [-0.39, 0.29) is 6.04 Å². The van der Waals surface area contributed by atoms with E-state index < -0.39 is 10.0 Å². The molecule has 0 fully saturated rings. The topological polar surface area (TPSA) is 46.6 Å². The predicted octanol–water partition coefficient (Wildman–Crippen LogP) is 4.09. The smallest absolute Gasteiger partial charge is 0.243 e. The molecule has 0 N–H and O–H groups in total. The van der Waals surface area contributed by atoms with Gasteiger partial charge in [-0.05, 0) is 53.3 Å². The first kappa shape index (κ1) is 17.3. The molecule has 4 rings (SSSR count). The molecule has 1 unspecified atom stereocenters. The highest BCUT2D eigenvalue weighted by Gasteiger charge is 2.37. The van der Waals surface area contributed by atoms with Gasteiger partial charge in [0.25, 0.3) is 0 Å². The first-order valence-electron chi connectivity index (χ1n) is 8.38. The Balaban J connectivity index is 1.81. The van der Waals surface area contributed by atoms with Gasteiger partial charge in [-0.1, -0.05) is 30.3 Å².